The van der Waals surface area contributed by atoms with E-state index in [2.05, 4.69) is 54.3 Å². The van der Waals surface area contributed by atoms with E-state index in [-0.39, 0.29) is 19.3 Å². The summed E-state index contributed by atoms with van der Waals surface area (Å²) in [5.41, 5.74) is 6.33. The van der Waals surface area contributed by atoms with Gasteiger partial charge in [-0.1, -0.05) is 68.9 Å². The van der Waals surface area contributed by atoms with Gasteiger partial charge in [0.1, 0.15) is 6.79 Å². The molecule has 0 fully saturated rings. The van der Waals surface area contributed by atoms with E-state index in [0.29, 0.717) is 13.0 Å². The Bertz CT molecular complexity index is 677. The van der Waals surface area contributed by atoms with Crippen LogP contribution in [0.4, 0.5) is 0 Å². The molecule has 1 unspecified atom stereocenters. The lowest BCUT2D eigenvalue weighted by Gasteiger charge is -2.30. The maximum absolute atomic E-state index is 9.21. The lowest BCUT2D eigenvalue weighted by atomic mass is 9.76. The first-order chi connectivity index (χ1) is 14.8. The summed E-state index contributed by atoms with van der Waals surface area (Å²) in [6.45, 7) is 8.48. The molecular weight excluding hydrogens is 376 g/mol. The molecule has 2 rings (SSSR count). The lowest BCUT2D eigenvalue weighted by molar-refractivity contribution is -0.241. The summed E-state index contributed by atoms with van der Waals surface area (Å²) >= 11 is 0. The van der Waals surface area contributed by atoms with Crippen LogP contribution in [0.3, 0.4) is 0 Å². The Morgan fingerprint density at radius 1 is 1.13 bits per heavy atom. The quantitative estimate of drug-likeness (QED) is 0.171. The predicted octanol–water partition coefficient (Wildman–Crippen LogP) is 6.68. The van der Waals surface area contributed by atoms with Gasteiger partial charge in [-0.15, -0.1) is 0 Å². The molecule has 0 radical (unpaired) electrons. The van der Waals surface area contributed by atoms with Crippen molar-refractivity contribution in [3.05, 3.63) is 70.4 Å². The minimum absolute atomic E-state index is 0.0504. The molecule has 0 bridgehead atoms. The summed E-state index contributed by atoms with van der Waals surface area (Å²) in [6, 6.07) is 0. The number of hydrogen-bond acceptors (Lipinski definition) is 4. The highest BCUT2D eigenvalue weighted by Crippen LogP contribution is 2.39. The van der Waals surface area contributed by atoms with Crippen LogP contribution in [0.5, 0.6) is 0 Å². The summed E-state index contributed by atoms with van der Waals surface area (Å²) in [7, 11) is 0. The third-order valence-electron chi connectivity index (χ3n) is 5.28. The second-order valence-electron chi connectivity index (χ2n) is 7.06. The third kappa shape index (κ3) is 7.84. The van der Waals surface area contributed by atoms with Crippen molar-refractivity contribution in [3.8, 4) is 0 Å². The van der Waals surface area contributed by atoms with Crippen molar-refractivity contribution in [1.82, 2.24) is 0 Å². The van der Waals surface area contributed by atoms with E-state index in [1.54, 1.807) is 0 Å². The van der Waals surface area contributed by atoms with Crippen molar-refractivity contribution in [1.29, 1.82) is 0 Å². The van der Waals surface area contributed by atoms with Gasteiger partial charge in [0, 0.05) is 5.92 Å². The van der Waals surface area contributed by atoms with E-state index in [4.69, 9.17) is 9.99 Å². The zero-order valence-electron chi connectivity index (χ0n) is 19.2. The third-order valence-corrected chi connectivity index (χ3v) is 5.28. The van der Waals surface area contributed by atoms with E-state index in [1.165, 1.54) is 22.3 Å². The van der Waals surface area contributed by atoms with E-state index < -0.39 is 0 Å². The van der Waals surface area contributed by atoms with E-state index >= 15 is 0 Å². The monoisotopic (exact) mass is 416 g/mol. The van der Waals surface area contributed by atoms with Crippen molar-refractivity contribution in [2.45, 2.75) is 66.2 Å². The van der Waals surface area contributed by atoms with Crippen molar-refractivity contribution < 1.29 is 20.0 Å². The van der Waals surface area contributed by atoms with Crippen LogP contribution in [0.2, 0.25) is 0 Å². The molecule has 168 valence electrons. The second-order valence-corrected chi connectivity index (χ2v) is 7.06. The number of hydrogen-bond donors (Lipinski definition) is 2. The van der Waals surface area contributed by atoms with Crippen molar-refractivity contribution >= 4 is 0 Å². The van der Waals surface area contributed by atoms with Crippen LogP contribution in [0.15, 0.2) is 70.4 Å². The van der Waals surface area contributed by atoms with Gasteiger partial charge in [0.25, 0.3) is 0 Å². The molecule has 0 aromatic carbocycles. The molecule has 0 spiro atoms. The van der Waals surface area contributed by atoms with Gasteiger partial charge in [-0.2, -0.15) is 0 Å². The van der Waals surface area contributed by atoms with E-state index in [9.17, 15) is 5.11 Å². The fraction of sp³-hybridized carbons (Fsp3) is 0.538. The van der Waals surface area contributed by atoms with Crippen LogP contribution in [0.25, 0.3) is 0 Å². The Kier molecular flexibility index (Phi) is 14.1. The zero-order valence-corrected chi connectivity index (χ0v) is 19.2. The highest BCUT2D eigenvalue weighted by atomic mass is 17.1. The topological polar surface area (TPSA) is 58.9 Å². The Balaban J connectivity index is 0.00000218. The fourth-order valence-corrected chi connectivity index (χ4v) is 4.04. The Morgan fingerprint density at radius 3 is 2.50 bits per heavy atom. The molecule has 0 aromatic heterocycles. The minimum atomic E-state index is -0.297. The van der Waals surface area contributed by atoms with Gasteiger partial charge in [0.2, 0.25) is 0 Å². The lowest BCUT2D eigenvalue weighted by Crippen LogP contribution is -2.19. The van der Waals surface area contributed by atoms with E-state index in [0.717, 1.165) is 37.7 Å². The number of rotatable bonds is 11. The van der Waals surface area contributed by atoms with Crippen LogP contribution in [-0.4, -0.2) is 30.4 Å². The molecule has 2 aliphatic rings. The molecule has 0 aromatic rings. The van der Waals surface area contributed by atoms with Crippen molar-refractivity contribution in [2.75, 3.05) is 20.0 Å². The Hall–Kier alpha value is -1.72. The molecule has 2 aliphatic carbocycles. The molecule has 0 aliphatic heterocycles. The van der Waals surface area contributed by atoms with Crippen LogP contribution in [-0.2, 0) is 9.62 Å². The molecule has 1 atom stereocenters. The summed E-state index contributed by atoms with van der Waals surface area (Å²) < 4.78 is 5.40. The second kappa shape index (κ2) is 16.0. The van der Waals surface area contributed by atoms with Crippen molar-refractivity contribution in [2.24, 2.45) is 5.92 Å². The van der Waals surface area contributed by atoms with Gasteiger partial charge in [-0.3, -0.25) is 5.26 Å². The number of ether oxygens (including phenoxy) is 1. The summed E-state index contributed by atoms with van der Waals surface area (Å²) in [6.07, 6.45) is 21.4. The van der Waals surface area contributed by atoms with Gasteiger partial charge < -0.3 is 9.84 Å². The largest absolute Gasteiger partial charge is 0.371 e. The molecule has 4 nitrogen and oxygen atoms in total. The molecule has 0 saturated heterocycles. The standard InChI is InChI=1S/C24H34O4.C2H6/c1-3-10-21(17-27-18-25)24(19(4-2)15-16-28-26)23-14-9-8-13-22(23)20-11-6-5-7-12-20;1-2/h4,6,9-12,14,24-26H,3,5,7-8,13,15-18H2,1-2H3;1-2H3/b19-4+,21-10+;. The minimum Gasteiger partial charge on any atom is -0.371 e. The van der Waals surface area contributed by atoms with Crippen LogP contribution >= 0.6 is 0 Å². The zero-order chi connectivity index (χ0) is 22.2. The molecule has 4 heteroatoms. The number of aliphatic hydroxyl groups is 1. The molecule has 0 saturated carbocycles. The first kappa shape index (κ1) is 26.3. The molecular formula is C26H40O4. The molecule has 0 heterocycles. The summed E-state index contributed by atoms with van der Waals surface area (Å²) in [5, 5.41) is 18.1. The highest BCUT2D eigenvalue weighted by molar-refractivity contribution is 5.53. The highest BCUT2D eigenvalue weighted by Gasteiger charge is 2.26. The van der Waals surface area contributed by atoms with Gasteiger partial charge in [-0.05, 0) is 67.7 Å². The number of allylic oxidation sites excluding steroid dienone is 10. The smallest absolute Gasteiger partial charge is 0.143 e. The molecule has 2 N–H and O–H groups in total. The summed E-state index contributed by atoms with van der Waals surface area (Å²) in [5.74, 6) is 0.0504. The first-order valence-corrected chi connectivity index (χ1v) is 11.3. The van der Waals surface area contributed by atoms with Crippen LogP contribution in [0.1, 0.15) is 66.2 Å². The average Bonchev–Trinajstić information content (AvgIpc) is 2.81. The van der Waals surface area contributed by atoms with Gasteiger partial charge in [0.05, 0.1) is 13.2 Å². The predicted molar refractivity (Wildman–Crippen MR) is 125 cm³/mol. The maximum atomic E-state index is 9.21. The maximum Gasteiger partial charge on any atom is 0.143 e. The fourth-order valence-electron chi connectivity index (χ4n) is 4.04. The van der Waals surface area contributed by atoms with Gasteiger partial charge in [0.15, 0.2) is 0 Å². The summed E-state index contributed by atoms with van der Waals surface area (Å²) in [4.78, 5) is 4.39. The Morgan fingerprint density at radius 2 is 1.90 bits per heavy atom. The molecule has 30 heavy (non-hydrogen) atoms. The van der Waals surface area contributed by atoms with Crippen LogP contribution in [0, 0.1) is 5.92 Å². The molecule has 0 amide bonds. The van der Waals surface area contributed by atoms with E-state index in [1.807, 2.05) is 20.8 Å². The number of aliphatic hydroxyl groups excluding tert-OH is 1. The van der Waals surface area contributed by atoms with Crippen molar-refractivity contribution in [3.63, 3.8) is 0 Å². The van der Waals surface area contributed by atoms with Gasteiger partial charge in [-0.25, -0.2) is 4.89 Å². The van der Waals surface area contributed by atoms with Crippen LogP contribution < -0.4 is 0 Å². The SMILES string of the molecule is C/C=C(\CCOO)C(C1=C(C2=CCCC=C2)CCC=C1)/C(=C/CC)COCO.CC. The normalized spacial score (nSPS) is 18.1. The van der Waals surface area contributed by atoms with Gasteiger partial charge >= 0.3 is 0 Å². The Labute approximate surface area is 182 Å². The first-order valence-electron chi connectivity index (χ1n) is 11.3. The average molecular weight is 417 g/mol.